The lowest BCUT2D eigenvalue weighted by Gasteiger charge is -2.17. The first-order valence-electron chi connectivity index (χ1n) is 9.67. The second-order valence-electron chi connectivity index (χ2n) is 6.87. The van der Waals surface area contributed by atoms with Crippen LogP contribution in [-0.4, -0.2) is 16.0 Å². The van der Waals surface area contributed by atoms with E-state index in [1.807, 2.05) is 24.3 Å². The van der Waals surface area contributed by atoms with Crippen LogP contribution >= 0.6 is 0 Å². The molecule has 0 radical (unpaired) electrons. The van der Waals surface area contributed by atoms with Crippen LogP contribution in [0.1, 0.15) is 38.3 Å². The first-order valence-corrected chi connectivity index (χ1v) is 9.67. The smallest absolute Gasteiger partial charge is 0.225 e. The van der Waals surface area contributed by atoms with Gasteiger partial charge in [0.1, 0.15) is 5.82 Å². The van der Waals surface area contributed by atoms with Gasteiger partial charge in [-0.3, -0.25) is 0 Å². The zero-order valence-corrected chi connectivity index (χ0v) is 16.6. The number of para-hydroxylation sites is 1. The van der Waals surface area contributed by atoms with Crippen molar-refractivity contribution in [2.45, 2.75) is 46.6 Å². The van der Waals surface area contributed by atoms with E-state index in [1.165, 1.54) is 11.1 Å². The van der Waals surface area contributed by atoms with Crippen LogP contribution in [0.4, 0.5) is 17.5 Å². The van der Waals surface area contributed by atoms with Crippen LogP contribution < -0.4 is 10.6 Å². The summed E-state index contributed by atoms with van der Waals surface area (Å²) < 4.78 is 0. The highest BCUT2D eigenvalue weighted by Gasteiger charge is 2.11. The van der Waals surface area contributed by atoms with Gasteiger partial charge in [0.05, 0.1) is 5.69 Å². The molecule has 0 aliphatic rings. The fraction of sp³-hybridized carbons (Fsp3) is 0.304. The van der Waals surface area contributed by atoms with E-state index < -0.39 is 0 Å². The van der Waals surface area contributed by atoms with Crippen LogP contribution in [0.2, 0.25) is 0 Å². The minimum atomic E-state index is 0.313. The van der Waals surface area contributed by atoms with Crippen LogP contribution in [0.3, 0.4) is 0 Å². The Morgan fingerprint density at radius 2 is 1.74 bits per heavy atom. The molecule has 27 heavy (non-hydrogen) atoms. The van der Waals surface area contributed by atoms with E-state index in [2.05, 4.69) is 68.7 Å². The zero-order valence-electron chi connectivity index (χ0n) is 16.6. The molecule has 1 aromatic heterocycles. The molecule has 0 saturated carbocycles. The van der Waals surface area contributed by atoms with Crippen LogP contribution in [-0.2, 0) is 6.42 Å². The van der Waals surface area contributed by atoms with E-state index in [4.69, 9.17) is 9.97 Å². The summed E-state index contributed by atoms with van der Waals surface area (Å²) in [6.07, 6.45) is 1.98. The van der Waals surface area contributed by atoms with Gasteiger partial charge in [-0.2, -0.15) is 4.98 Å². The van der Waals surface area contributed by atoms with Gasteiger partial charge in [-0.1, -0.05) is 62.4 Å². The first kappa shape index (κ1) is 18.9. The van der Waals surface area contributed by atoms with Crippen molar-refractivity contribution in [3.63, 3.8) is 0 Å². The molecule has 0 spiro atoms. The molecular formula is C23H28N4. The van der Waals surface area contributed by atoms with Crippen LogP contribution in [0.25, 0.3) is 11.3 Å². The lowest BCUT2D eigenvalue weighted by Crippen LogP contribution is -2.16. The van der Waals surface area contributed by atoms with Crippen molar-refractivity contribution in [3.05, 3.63) is 65.7 Å². The molecule has 0 unspecified atom stereocenters. The molecule has 0 amide bonds. The van der Waals surface area contributed by atoms with Gasteiger partial charge in [0.2, 0.25) is 5.95 Å². The van der Waals surface area contributed by atoms with Gasteiger partial charge in [-0.25, -0.2) is 4.98 Å². The zero-order chi connectivity index (χ0) is 19.2. The Morgan fingerprint density at radius 1 is 0.963 bits per heavy atom. The molecule has 1 heterocycles. The minimum absolute atomic E-state index is 0.313. The fourth-order valence-electron chi connectivity index (χ4n) is 2.99. The minimum Gasteiger partial charge on any atom is -0.352 e. The molecule has 140 valence electrons. The molecular weight excluding hydrogens is 332 g/mol. The van der Waals surface area contributed by atoms with Gasteiger partial charge in [0, 0.05) is 23.4 Å². The Labute approximate surface area is 162 Å². The number of aromatic nitrogens is 2. The van der Waals surface area contributed by atoms with E-state index in [0.29, 0.717) is 12.0 Å². The van der Waals surface area contributed by atoms with Crippen molar-refractivity contribution in [3.8, 4) is 11.3 Å². The Balaban J connectivity index is 2.03. The van der Waals surface area contributed by atoms with E-state index in [0.717, 1.165) is 35.6 Å². The highest BCUT2D eigenvalue weighted by atomic mass is 15.2. The molecule has 0 fully saturated rings. The first-order chi connectivity index (χ1) is 13.1. The number of aryl methyl sites for hydroxylation is 2. The third-order valence-corrected chi connectivity index (χ3v) is 4.78. The summed E-state index contributed by atoms with van der Waals surface area (Å²) >= 11 is 0. The van der Waals surface area contributed by atoms with Crippen LogP contribution in [0.5, 0.6) is 0 Å². The quantitative estimate of drug-likeness (QED) is 0.545. The summed E-state index contributed by atoms with van der Waals surface area (Å²) in [5.41, 5.74) is 5.62. The van der Waals surface area contributed by atoms with Gasteiger partial charge in [0.15, 0.2) is 0 Å². The van der Waals surface area contributed by atoms with Gasteiger partial charge in [-0.15, -0.1) is 0 Å². The maximum Gasteiger partial charge on any atom is 0.225 e. The van der Waals surface area contributed by atoms with Gasteiger partial charge >= 0.3 is 0 Å². The molecule has 1 atom stereocenters. The second kappa shape index (κ2) is 8.67. The Morgan fingerprint density at radius 3 is 2.44 bits per heavy atom. The number of anilines is 3. The third-order valence-electron chi connectivity index (χ3n) is 4.78. The molecule has 4 heteroatoms. The summed E-state index contributed by atoms with van der Waals surface area (Å²) in [6, 6.07) is 18.9. The van der Waals surface area contributed by atoms with Crippen LogP contribution in [0.15, 0.2) is 54.6 Å². The lowest BCUT2D eigenvalue weighted by molar-refractivity contribution is 0.753. The van der Waals surface area contributed by atoms with E-state index in [1.54, 1.807) is 0 Å². The van der Waals surface area contributed by atoms with Gasteiger partial charge in [0.25, 0.3) is 0 Å². The average Bonchev–Trinajstić information content (AvgIpc) is 2.70. The molecule has 0 aliphatic heterocycles. The topological polar surface area (TPSA) is 49.8 Å². The van der Waals surface area contributed by atoms with Gasteiger partial charge < -0.3 is 10.6 Å². The number of rotatable bonds is 7. The Hall–Kier alpha value is -2.88. The van der Waals surface area contributed by atoms with E-state index in [-0.39, 0.29) is 0 Å². The van der Waals surface area contributed by atoms with Crippen molar-refractivity contribution in [1.82, 2.24) is 9.97 Å². The molecule has 4 nitrogen and oxygen atoms in total. The standard InChI is InChI=1S/C23H28N4/c1-5-17(4)24-23-25-20(19-12-8-7-9-13-19)15-21(27-23)26-22-16(3)11-10-14-18(22)6-2/h7-15,17H,5-6H2,1-4H3,(H2,24,25,26,27)/t17-/m0/s1. The number of hydrogen-bond acceptors (Lipinski definition) is 4. The van der Waals surface area contributed by atoms with Crippen molar-refractivity contribution < 1.29 is 0 Å². The normalized spacial score (nSPS) is 11.9. The number of nitrogens with one attached hydrogen (secondary N) is 2. The van der Waals surface area contributed by atoms with E-state index >= 15 is 0 Å². The number of nitrogens with zero attached hydrogens (tertiary/aromatic N) is 2. The maximum absolute atomic E-state index is 4.74. The van der Waals surface area contributed by atoms with E-state index in [9.17, 15) is 0 Å². The van der Waals surface area contributed by atoms with Gasteiger partial charge in [-0.05, 0) is 37.8 Å². The molecule has 2 N–H and O–H groups in total. The molecule has 0 aliphatic carbocycles. The Kier molecular flexibility index (Phi) is 6.07. The molecule has 2 aromatic carbocycles. The predicted octanol–water partition coefficient (Wildman–Crippen LogP) is 5.97. The predicted molar refractivity (Wildman–Crippen MR) is 115 cm³/mol. The highest BCUT2D eigenvalue weighted by Crippen LogP contribution is 2.28. The molecule has 3 rings (SSSR count). The number of benzene rings is 2. The van der Waals surface area contributed by atoms with Crippen molar-refractivity contribution in [2.24, 2.45) is 0 Å². The summed E-state index contributed by atoms with van der Waals surface area (Å²) in [4.78, 5) is 9.46. The Bertz CT molecular complexity index is 890. The highest BCUT2D eigenvalue weighted by molar-refractivity contribution is 5.70. The lowest BCUT2D eigenvalue weighted by atomic mass is 10.1. The van der Waals surface area contributed by atoms with Crippen molar-refractivity contribution >= 4 is 17.5 Å². The van der Waals surface area contributed by atoms with Crippen LogP contribution in [0, 0.1) is 6.92 Å². The molecule has 0 bridgehead atoms. The SMILES string of the molecule is CCc1cccc(C)c1Nc1cc(-c2ccccc2)nc(N[C@@H](C)CC)n1. The largest absolute Gasteiger partial charge is 0.352 e. The monoisotopic (exact) mass is 360 g/mol. The number of hydrogen-bond donors (Lipinski definition) is 2. The summed E-state index contributed by atoms with van der Waals surface area (Å²) in [7, 11) is 0. The summed E-state index contributed by atoms with van der Waals surface area (Å²) in [5, 5.41) is 6.95. The van der Waals surface area contributed by atoms with Crippen molar-refractivity contribution in [1.29, 1.82) is 0 Å². The summed E-state index contributed by atoms with van der Waals surface area (Å²) in [5.74, 6) is 1.46. The fourth-order valence-corrected chi connectivity index (χ4v) is 2.99. The summed E-state index contributed by atoms with van der Waals surface area (Å²) in [6.45, 7) is 8.59. The maximum atomic E-state index is 4.74. The van der Waals surface area contributed by atoms with Crippen molar-refractivity contribution in [2.75, 3.05) is 10.6 Å². The third kappa shape index (κ3) is 4.64. The average molecular weight is 361 g/mol. The molecule has 0 saturated heterocycles. The second-order valence-corrected chi connectivity index (χ2v) is 6.87. The molecule has 3 aromatic rings.